The Bertz CT molecular complexity index is 804. The second-order valence-electron chi connectivity index (χ2n) is 5.39. The van der Waals surface area contributed by atoms with E-state index >= 15 is 0 Å². The number of ether oxygens (including phenoxy) is 1. The van der Waals surface area contributed by atoms with Gasteiger partial charge in [0.05, 0.1) is 11.7 Å². The predicted molar refractivity (Wildman–Crippen MR) is 93.1 cm³/mol. The van der Waals surface area contributed by atoms with Gasteiger partial charge < -0.3 is 10.1 Å². The maximum absolute atomic E-state index is 12.4. The number of carbonyl (C=O) groups is 1. The summed E-state index contributed by atoms with van der Waals surface area (Å²) in [6, 6.07) is 22.1. The lowest BCUT2D eigenvalue weighted by atomic mass is 10.1. The first-order valence-electron chi connectivity index (χ1n) is 7.77. The SMILES string of the molecule is C[C@@H](NC(=O)c1cccc(Oc2ccccc2)c1)c1ccccn1. The minimum absolute atomic E-state index is 0.160. The van der Waals surface area contributed by atoms with E-state index < -0.39 is 0 Å². The van der Waals surface area contributed by atoms with Crippen LogP contribution in [0.3, 0.4) is 0 Å². The zero-order valence-electron chi connectivity index (χ0n) is 13.3. The van der Waals surface area contributed by atoms with Crippen molar-refractivity contribution in [2.75, 3.05) is 0 Å². The second-order valence-corrected chi connectivity index (χ2v) is 5.39. The van der Waals surface area contributed by atoms with Gasteiger partial charge in [0.15, 0.2) is 0 Å². The van der Waals surface area contributed by atoms with Gasteiger partial charge in [0.25, 0.3) is 5.91 Å². The van der Waals surface area contributed by atoms with E-state index in [0.717, 1.165) is 11.4 Å². The molecule has 4 nitrogen and oxygen atoms in total. The molecule has 0 spiro atoms. The van der Waals surface area contributed by atoms with Gasteiger partial charge in [0.2, 0.25) is 0 Å². The summed E-state index contributed by atoms with van der Waals surface area (Å²) in [5.74, 6) is 1.20. The standard InChI is InChI=1S/C20H18N2O2/c1-15(19-12-5-6-13-21-19)22-20(23)16-8-7-11-18(14-16)24-17-9-3-2-4-10-17/h2-15H,1H3,(H,22,23)/t15-/m1/s1. The second kappa shape index (κ2) is 7.42. The van der Waals surface area contributed by atoms with Gasteiger partial charge in [-0.05, 0) is 49.4 Å². The van der Waals surface area contributed by atoms with Gasteiger partial charge in [0, 0.05) is 11.8 Å². The maximum Gasteiger partial charge on any atom is 0.251 e. The molecule has 1 N–H and O–H groups in total. The molecule has 0 saturated carbocycles. The van der Waals surface area contributed by atoms with E-state index in [9.17, 15) is 4.79 Å². The zero-order chi connectivity index (χ0) is 16.8. The molecule has 0 aliphatic heterocycles. The van der Waals surface area contributed by atoms with Crippen molar-refractivity contribution < 1.29 is 9.53 Å². The van der Waals surface area contributed by atoms with E-state index in [1.54, 1.807) is 24.4 Å². The Morgan fingerprint density at radius 2 is 1.71 bits per heavy atom. The number of hydrogen-bond acceptors (Lipinski definition) is 3. The zero-order valence-corrected chi connectivity index (χ0v) is 13.3. The third-order valence-electron chi connectivity index (χ3n) is 3.55. The van der Waals surface area contributed by atoms with Crippen LogP contribution < -0.4 is 10.1 Å². The third-order valence-corrected chi connectivity index (χ3v) is 3.55. The van der Waals surface area contributed by atoms with E-state index in [0.29, 0.717) is 11.3 Å². The number of rotatable bonds is 5. The van der Waals surface area contributed by atoms with E-state index in [4.69, 9.17) is 4.74 Å². The first-order valence-corrected chi connectivity index (χ1v) is 7.77. The van der Waals surface area contributed by atoms with Crippen molar-refractivity contribution in [3.8, 4) is 11.5 Å². The first kappa shape index (κ1) is 15.7. The molecule has 0 saturated heterocycles. The van der Waals surface area contributed by atoms with Gasteiger partial charge in [0.1, 0.15) is 11.5 Å². The highest BCUT2D eigenvalue weighted by Gasteiger charge is 2.12. The van der Waals surface area contributed by atoms with Gasteiger partial charge in [-0.15, -0.1) is 0 Å². The molecule has 1 aromatic heterocycles. The van der Waals surface area contributed by atoms with Crippen LogP contribution in [0.5, 0.6) is 11.5 Å². The molecule has 0 aliphatic rings. The summed E-state index contributed by atoms with van der Waals surface area (Å²) in [4.78, 5) is 16.7. The summed E-state index contributed by atoms with van der Waals surface area (Å²) in [5, 5.41) is 2.95. The summed E-state index contributed by atoms with van der Waals surface area (Å²) in [6.07, 6.45) is 1.71. The Morgan fingerprint density at radius 3 is 2.46 bits per heavy atom. The van der Waals surface area contributed by atoms with Crippen molar-refractivity contribution in [1.82, 2.24) is 10.3 Å². The molecule has 0 aliphatic carbocycles. The molecular weight excluding hydrogens is 300 g/mol. The highest BCUT2D eigenvalue weighted by atomic mass is 16.5. The van der Waals surface area contributed by atoms with Crippen LogP contribution in [-0.2, 0) is 0 Å². The van der Waals surface area contributed by atoms with Crippen LogP contribution in [-0.4, -0.2) is 10.9 Å². The van der Waals surface area contributed by atoms with Gasteiger partial charge in [-0.1, -0.05) is 30.3 Å². The monoisotopic (exact) mass is 318 g/mol. The van der Waals surface area contributed by atoms with Gasteiger partial charge in [-0.25, -0.2) is 0 Å². The fourth-order valence-electron chi connectivity index (χ4n) is 2.31. The van der Waals surface area contributed by atoms with Gasteiger partial charge >= 0.3 is 0 Å². The highest BCUT2D eigenvalue weighted by molar-refractivity contribution is 5.94. The number of nitrogens with one attached hydrogen (secondary N) is 1. The minimum atomic E-state index is -0.169. The number of amides is 1. The first-order chi connectivity index (χ1) is 11.7. The van der Waals surface area contributed by atoms with Crippen LogP contribution in [0.4, 0.5) is 0 Å². The largest absolute Gasteiger partial charge is 0.457 e. The van der Waals surface area contributed by atoms with E-state index in [1.165, 1.54) is 0 Å². The lowest BCUT2D eigenvalue weighted by Gasteiger charge is -2.14. The molecule has 0 radical (unpaired) electrons. The van der Waals surface area contributed by atoms with Crippen molar-refractivity contribution in [2.24, 2.45) is 0 Å². The molecule has 1 atom stereocenters. The summed E-state index contributed by atoms with van der Waals surface area (Å²) in [5.41, 5.74) is 1.37. The topological polar surface area (TPSA) is 51.2 Å². The molecule has 120 valence electrons. The van der Waals surface area contributed by atoms with Crippen LogP contribution >= 0.6 is 0 Å². The normalized spacial score (nSPS) is 11.5. The predicted octanol–water partition coefficient (Wildman–Crippen LogP) is 4.36. The molecule has 3 aromatic rings. The number of carbonyl (C=O) groups excluding carboxylic acids is 1. The van der Waals surface area contributed by atoms with Crippen molar-refractivity contribution in [2.45, 2.75) is 13.0 Å². The van der Waals surface area contributed by atoms with Gasteiger partial charge in [-0.2, -0.15) is 0 Å². The fourth-order valence-corrected chi connectivity index (χ4v) is 2.31. The van der Waals surface area contributed by atoms with Crippen LogP contribution in [0.15, 0.2) is 79.0 Å². The summed E-state index contributed by atoms with van der Waals surface area (Å²) in [7, 11) is 0. The quantitative estimate of drug-likeness (QED) is 0.760. The molecule has 2 aromatic carbocycles. The van der Waals surface area contributed by atoms with Crippen LogP contribution in [0.2, 0.25) is 0 Å². The Morgan fingerprint density at radius 1 is 0.958 bits per heavy atom. The molecule has 1 amide bonds. The molecular formula is C20H18N2O2. The highest BCUT2D eigenvalue weighted by Crippen LogP contribution is 2.22. The molecule has 3 rings (SSSR count). The Balaban J connectivity index is 1.70. The number of nitrogens with zero attached hydrogens (tertiary/aromatic N) is 1. The molecule has 1 heterocycles. The van der Waals surface area contributed by atoms with Crippen molar-refractivity contribution in [1.29, 1.82) is 0 Å². The summed E-state index contributed by atoms with van der Waals surface area (Å²) >= 11 is 0. The Labute approximate surface area is 141 Å². The maximum atomic E-state index is 12.4. The van der Waals surface area contributed by atoms with Crippen molar-refractivity contribution >= 4 is 5.91 Å². The average molecular weight is 318 g/mol. The number of hydrogen-bond donors (Lipinski definition) is 1. The van der Waals surface area contributed by atoms with Gasteiger partial charge in [-0.3, -0.25) is 9.78 Å². The fraction of sp³-hybridized carbons (Fsp3) is 0.100. The lowest BCUT2D eigenvalue weighted by molar-refractivity contribution is 0.0939. The van der Waals surface area contributed by atoms with Crippen molar-refractivity contribution in [3.63, 3.8) is 0 Å². The summed E-state index contributed by atoms with van der Waals surface area (Å²) < 4.78 is 5.77. The van der Waals surface area contributed by atoms with E-state index in [1.807, 2.05) is 61.5 Å². The van der Waals surface area contributed by atoms with Crippen molar-refractivity contribution in [3.05, 3.63) is 90.3 Å². The number of benzene rings is 2. The molecule has 24 heavy (non-hydrogen) atoms. The van der Waals surface area contributed by atoms with E-state index in [-0.39, 0.29) is 11.9 Å². The number of para-hydroxylation sites is 1. The van der Waals surface area contributed by atoms with E-state index in [2.05, 4.69) is 10.3 Å². The lowest BCUT2D eigenvalue weighted by Crippen LogP contribution is -2.27. The van der Waals surface area contributed by atoms with Crippen LogP contribution in [0, 0.1) is 0 Å². The van der Waals surface area contributed by atoms with Crippen LogP contribution in [0.25, 0.3) is 0 Å². The smallest absolute Gasteiger partial charge is 0.251 e. The molecule has 0 fully saturated rings. The molecule has 4 heteroatoms. The number of aromatic nitrogens is 1. The Hall–Kier alpha value is -3.14. The average Bonchev–Trinajstić information content (AvgIpc) is 2.63. The Kier molecular flexibility index (Phi) is 4.87. The minimum Gasteiger partial charge on any atom is -0.457 e. The number of pyridine rings is 1. The molecule has 0 unspecified atom stereocenters. The molecule has 0 bridgehead atoms. The van der Waals surface area contributed by atoms with Crippen LogP contribution in [0.1, 0.15) is 29.0 Å². The summed E-state index contributed by atoms with van der Waals surface area (Å²) in [6.45, 7) is 1.91. The third kappa shape index (κ3) is 3.98.